The Kier molecular flexibility index (Phi) is 3.39. The van der Waals surface area contributed by atoms with Gasteiger partial charge in [-0.05, 0) is 18.1 Å². The molecule has 0 radical (unpaired) electrons. The first-order chi connectivity index (χ1) is 6.97. The second-order valence-corrected chi connectivity index (χ2v) is 3.12. The Morgan fingerprint density at radius 2 is 2.00 bits per heavy atom. The molecule has 15 heavy (non-hydrogen) atoms. The number of halogens is 2. The molecule has 0 heterocycles. The number of carbonyl (C=O) groups is 1. The molecule has 0 fully saturated rings. The van der Waals surface area contributed by atoms with Crippen LogP contribution in [0.3, 0.4) is 0 Å². The maximum absolute atomic E-state index is 13.4. The van der Waals surface area contributed by atoms with Crippen LogP contribution in [-0.4, -0.2) is 5.97 Å². The molecule has 4 heteroatoms. The first-order valence-corrected chi connectivity index (χ1v) is 4.63. The summed E-state index contributed by atoms with van der Waals surface area (Å²) in [4.78, 5) is 10.5. The molecule has 0 unspecified atom stereocenters. The summed E-state index contributed by atoms with van der Waals surface area (Å²) in [7, 11) is 0. The summed E-state index contributed by atoms with van der Waals surface area (Å²) in [5.74, 6) is -0.995. The van der Waals surface area contributed by atoms with Crippen LogP contribution in [0.2, 0.25) is 0 Å². The summed E-state index contributed by atoms with van der Waals surface area (Å²) in [6, 6.07) is 6.02. The number of ether oxygens (including phenoxy) is 1. The zero-order valence-electron chi connectivity index (χ0n) is 8.59. The van der Waals surface area contributed by atoms with Crippen molar-refractivity contribution in [2.45, 2.75) is 26.4 Å². The van der Waals surface area contributed by atoms with E-state index in [-0.39, 0.29) is 5.56 Å². The second kappa shape index (κ2) is 4.38. The standard InChI is InChI=1S/C11H12F2O2/c1-3-9-6-4-5-7-10(9)11(12,13)15-8(2)14/h4-7H,3H2,1-2H3. The molecule has 0 aliphatic heterocycles. The maximum atomic E-state index is 13.4. The SMILES string of the molecule is CCc1ccccc1C(F)(F)OC(C)=O. The summed E-state index contributed by atoms with van der Waals surface area (Å²) >= 11 is 0. The van der Waals surface area contributed by atoms with Crippen molar-refractivity contribution >= 4 is 5.97 Å². The molecule has 1 rings (SSSR count). The van der Waals surface area contributed by atoms with E-state index >= 15 is 0 Å². The molecule has 0 saturated carbocycles. The molecule has 0 atom stereocenters. The van der Waals surface area contributed by atoms with Crippen molar-refractivity contribution in [2.24, 2.45) is 0 Å². The first kappa shape index (κ1) is 11.6. The minimum absolute atomic E-state index is 0.248. The van der Waals surface area contributed by atoms with Crippen molar-refractivity contribution in [2.75, 3.05) is 0 Å². The van der Waals surface area contributed by atoms with Crippen LogP contribution < -0.4 is 0 Å². The molecular weight excluding hydrogens is 202 g/mol. The fourth-order valence-corrected chi connectivity index (χ4v) is 1.35. The number of hydrogen-bond acceptors (Lipinski definition) is 2. The Morgan fingerprint density at radius 1 is 1.40 bits per heavy atom. The van der Waals surface area contributed by atoms with Crippen molar-refractivity contribution in [3.8, 4) is 0 Å². The monoisotopic (exact) mass is 214 g/mol. The third-order valence-corrected chi connectivity index (χ3v) is 1.98. The van der Waals surface area contributed by atoms with E-state index in [9.17, 15) is 13.6 Å². The van der Waals surface area contributed by atoms with Crippen LogP contribution in [0.25, 0.3) is 0 Å². The molecular formula is C11H12F2O2. The van der Waals surface area contributed by atoms with Gasteiger partial charge in [-0.15, -0.1) is 0 Å². The Morgan fingerprint density at radius 3 is 2.53 bits per heavy atom. The summed E-state index contributed by atoms with van der Waals surface area (Å²) in [6.45, 7) is 2.73. The summed E-state index contributed by atoms with van der Waals surface area (Å²) in [5, 5.41) is 0. The number of rotatable bonds is 3. The van der Waals surface area contributed by atoms with Crippen molar-refractivity contribution in [1.29, 1.82) is 0 Å². The predicted octanol–water partition coefficient (Wildman–Crippen LogP) is 2.86. The van der Waals surface area contributed by atoms with Crippen LogP contribution >= 0.6 is 0 Å². The molecule has 0 saturated heterocycles. The summed E-state index contributed by atoms with van der Waals surface area (Å²) < 4.78 is 30.8. The molecule has 0 bridgehead atoms. The van der Waals surface area contributed by atoms with Crippen molar-refractivity contribution in [1.82, 2.24) is 0 Å². The molecule has 0 aliphatic carbocycles. The van der Waals surface area contributed by atoms with E-state index in [0.717, 1.165) is 6.92 Å². The Bertz CT molecular complexity index is 361. The number of carbonyl (C=O) groups excluding carboxylic acids is 1. The lowest BCUT2D eigenvalue weighted by atomic mass is 10.0. The summed E-state index contributed by atoms with van der Waals surface area (Å²) in [5.41, 5.74) is 0.228. The molecule has 1 aromatic rings. The van der Waals surface area contributed by atoms with Gasteiger partial charge in [0.1, 0.15) is 0 Å². The van der Waals surface area contributed by atoms with Crippen molar-refractivity contribution < 1.29 is 18.3 Å². The van der Waals surface area contributed by atoms with Gasteiger partial charge in [0, 0.05) is 6.92 Å². The fourth-order valence-electron chi connectivity index (χ4n) is 1.35. The van der Waals surface area contributed by atoms with Gasteiger partial charge in [-0.1, -0.05) is 25.1 Å². The van der Waals surface area contributed by atoms with E-state index in [1.807, 2.05) is 0 Å². The van der Waals surface area contributed by atoms with Gasteiger partial charge in [-0.2, -0.15) is 8.78 Å². The van der Waals surface area contributed by atoms with Gasteiger partial charge >= 0.3 is 12.1 Å². The minimum Gasteiger partial charge on any atom is -0.397 e. The first-order valence-electron chi connectivity index (χ1n) is 4.63. The van der Waals surface area contributed by atoms with E-state index in [4.69, 9.17) is 0 Å². The van der Waals surface area contributed by atoms with E-state index in [1.165, 1.54) is 12.1 Å². The highest BCUT2D eigenvalue weighted by Crippen LogP contribution is 2.32. The molecule has 0 aromatic heterocycles. The van der Waals surface area contributed by atoms with Gasteiger partial charge in [0.2, 0.25) is 0 Å². The lowest BCUT2D eigenvalue weighted by Gasteiger charge is -2.18. The van der Waals surface area contributed by atoms with Crippen molar-refractivity contribution in [3.05, 3.63) is 35.4 Å². The zero-order valence-corrected chi connectivity index (χ0v) is 8.59. The topological polar surface area (TPSA) is 26.3 Å². The number of aryl methyl sites for hydroxylation is 1. The van der Waals surface area contributed by atoms with Crippen LogP contribution in [0, 0.1) is 0 Å². The third-order valence-electron chi connectivity index (χ3n) is 1.98. The van der Waals surface area contributed by atoms with Gasteiger partial charge in [-0.25, -0.2) is 0 Å². The molecule has 0 N–H and O–H groups in total. The molecule has 82 valence electrons. The van der Waals surface area contributed by atoms with Crippen LogP contribution in [0.4, 0.5) is 8.78 Å². The highest BCUT2D eigenvalue weighted by atomic mass is 19.3. The number of alkyl halides is 2. The van der Waals surface area contributed by atoms with Crippen LogP contribution in [0.5, 0.6) is 0 Å². The van der Waals surface area contributed by atoms with Gasteiger partial charge in [-0.3, -0.25) is 4.79 Å². The van der Waals surface area contributed by atoms with Gasteiger partial charge < -0.3 is 4.74 Å². The summed E-state index contributed by atoms with van der Waals surface area (Å²) in [6.07, 6.45) is -3.08. The molecule has 1 aromatic carbocycles. The van der Waals surface area contributed by atoms with E-state index < -0.39 is 12.1 Å². The van der Waals surface area contributed by atoms with E-state index in [1.54, 1.807) is 19.1 Å². The molecule has 0 amide bonds. The smallest absolute Gasteiger partial charge is 0.397 e. The third kappa shape index (κ3) is 2.75. The average molecular weight is 214 g/mol. The zero-order chi connectivity index (χ0) is 11.5. The average Bonchev–Trinajstić information content (AvgIpc) is 2.16. The number of hydrogen-bond donors (Lipinski definition) is 0. The van der Waals surface area contributed by atoms with E-state index in [0.29, 0.717) is 12.0 Å². The molecule has 2 nitrogen and oxygen atoms in total. The van der Waals surface area contributed by atoms with E-state index in [2.05, 4.69) is 4.74 Å². The Balaban J connectivity index is 3.07. The fraction of sp³-hybridized carbons (Fsp3) is 0.364. The van der Waals surface area contributed by atoms with Crippen LogP contribution in [-0.2, 0) is 22.1 Å². The maximum Gasteiger partial charge on any atom is 0.428 e. The molecule has 0 aliphatic rings. The highest BCUT2D eigenvalue weighted by Gasteiger charge is 2.37. The van der Waals surface area contributed by atoms with Crippen LogP contribution in [0.15, 0.2) is 24.3 Å². The van der Waals surface area contributed by atoms with Crippen molar-refractivity contribution in [3.63, 3.8) is 0 Å². The lowest BCUT2D eigenvalue weighted by Crippen LogP contribution is -2.22. The van der Waals surface area contributed by atoms with Crippen LogP contribution in [0.1, 0.15) is 25.0 Å². The largest absolute Gasteiger partial charge is 0.428 e. The van der Waals surface area contributed by atoms with Gasteiger partial charge in [0.25, 0.3) is 0 Å². The van der Waals surface area contributed by atoms with Gasteiger partial charge in [0.05, 0.1) is 5.56 Å². The number of benzene rings is 1. The second-order valence-electron chi connectivity index (χ2n) is 3.12. The quantitative estimate of drug-likeness (QED) is 0.723. The predicted molar refractivity (Wildman–Crippen MR) is 51.5 cm³/mol. The highest BCUT2D eigenvalue weighted by molar-refractivity contribution is 5.66. The minimum atomic E-state index is -3.54. The number of esters is 1. The Hall–Kier alpha value is -1.45. The molecule has 0 spiro atoms. The normalized spacial score (nSPS) is 11.2. The lowest BCUT2D eigenvalue weighted by molar-refractivity contribution is -0.238. The van der Waals surface area contributed by atoms with Gasteiger partial charge in [0.15, 0.2) is 0 Å². The Labute approximate surface area is 86.9 Å².